The maximum Gasteiger partial charge on any atom is -0.00695 e. The summed E-state index contributed by atoms with van der Waals surface area (Å²) in [6, 6.07) is 0. The number of unbranched alkanes of at least 4 members (excludes halogenated alkanes) is 1. The molecule has 0 amide bonds. The first-order valence-corrected chi connectivity index (χ1v) is 3.88. The Morgan fingerprint density at radius 2 is 2.25 bits per heavy atom. The van der Waals surface area contributed by atoms with Gasteiger partial charge in [0.05, 0.1) is 0 Å². The summed E-state index contributed by atoms with van der Waals surface area (Å²) in [4.78, 5) is 0. The first kappa shape index (κ1) is 8.35. The second kappa shape index (κ2) is 5.49. The molecule has 0 bridgehead atoms. The van der Waals surface area contributed by atoms with Gasteiger partial charge in [-0.15, -0.1) is 0 Å². The summed E-state index contributed by atoms with van der Waals surface area (Å²) in [5.74, 6) is 1.50. The number of hydrogen-bond donors (Lipinski definition) is 1. The lowest BCUT2D eigenvalue weighted by Crippen LogP contribution is -1.94. The summed E-state index contributed by atoms with van der Waals surface area (Å²) in [6.07, 6.45) is 3.81. The predicted molar refractivity (Wildman–Crippen MR) is 42.2 cm³/mol. The van der Waals surface area contributed by atoms with Crippen molar-refractivity contribution in [1.29, 1.82) is 0 Å². The van der Waals surface area contributed by atoms with E-state index in [9.17, 15) is 0 Å². The monoisotopic (exact) mass is 131 g/mol. The van der Waals surface area contributed by atoms with Gasteiger partial charge in [-0.1, -0.05) is 19.8 Å². The van der Waals surface area contributed by atoms with Crippen molar-refractivity contribution < 1.29 is 0 Å². The lowest BCUT2D eigenvalue weighted by atomic mass is 10.1. The minimum atomic E-state index is 0.568. The fourth-order valence-corrected chi connectivity index (χ4v) is 0.767. The molecule has 0 aromatic carbocycles. The fraction of sp³-hybridized carbons (Fsp3) is 0.857. The highest BCUT2D eigenvalue weighted by atomic mass is 32.1. The highest BCUT2D eigenvalue weighted by Gasteiger charge is 1.95. The molecule has 1 atom stereocenters. The van der Waals surface area contributed by atoms with Gasteiger partial charge in [0.1, 0.15) is 0 Å². The fourth-order valence-electron chi connectivity index (χ4n) is 0.584. The Labute approximate surface area is 58.1 Å². The molecule has 8 heavy (non-hydrogen) atoms. The van der Waals surface area contributed by atoms with E-state index < -0.39 is 0 Å². The first-order chi connectivity index (χ1) is 3.81. The zero-order valence-corrected chi connectivity index (χ0v) is 6.45. The van der Waals surface area contributed by atoms with Crippen LogP contribution in [0.2, 0.25) is 0 Å². The molecule has 1 radical (unpaired) electrons. The summed E-state index contributed by atoms with van der Waals surface area (Å²) >= 11 is 4.13. The zero-order chi connectivity index (χ0) is 6.41. The molecule has 0 N–H and O–H groups in total. The summed E-state index contributed by atoms with van der Waals surface area (Å²) < 4.78 is 0. The van der Waals surface area contributed by atoms with E-state index in [1.54, 1.807) is 0 Å². The maximum absolute atomic E-state index is 4.13. The van der Waals surface area contributed by atoms with E-state index in [-0.39, 0.29) is 0 Å². The van der Waals surface area contributed by atoms with Crippen molar-refractivity contribution in [2.75, 3.05) is 5.75 Å². The normalized spacial score (nSPS) is 13.9. The third-order valence-electron chi connectivity index (χ3n) is 1.22. The Morgan fingerprint density at radius 3 is 2.62 bits per heavy atom. The van der Waals surface area contributed by atoms with Crippen LogP contribution < -0.4 is 0 Å². The van der Waals surface area contributed by atoms with E-state index in [0.29, 0.717) is 5.92 Å². The van der Waals surface area contributed by atoms with Crippen molar-refractivity contribution in [3.05, 3.63) is 6.92 Å². The van der Waals surface area contributed by atoms with E-state index in [1.807, 2.05) is 0 Å². The molecular formula is C7H15S. The Balaban J connectivity index is 2.86. The third kappa shape index (κ3) is 4.51. The van der Waals surface area contributed by atoms with Crippen molar-refractivity contribution in [1.82, 2.24) is 0 Å². The molecule has 0 saturated heterocycles. The molecule has 1 heteroatoms. The summed E-state index contributed by atoms with van der Waals surface area (Å²) in [7, 11) is 0. The molecule has 0 aliphatic rings. The van der Waals surface area contributed by atoms with Crippen molar-refractivity contribution in [2.45, 2.75) is 26.2 Å². The van der Waals surface area contributed by atoms with Gasteiger partial charge < -0.3 is 0 Å². The molecule has 0 spiro atoms. The van der Waals surface area contributed by atoms with Crippen molar-refractivity contribution in [3.8, 4) is 0 Å². The molecule has 0 rings (SSSR count). The van der Waals surface area contributed by atoms with Crippen LogP contribution in [0.1, 0.15) is 26.2 Å². The number of thiol groups is 1. The van der Waals surface area contributed by atoms with E-state index in [4.69, 9.17) is 0 Å². The zero-order valence-electron chi connectivity index (χ0n) is 5.56. The van der Waals surface area contributed by atoms with Gasteiger partial charge in [-0.05, 0) is 25.0 Å². The number of rotatable bonds is 4. The standard InChI is InChI=1S/C7H15S/c1-3-4-5-7(2)6-8/h7-8H,2-6H2,1H3. The summed E-state index contributed by atoms with van der Waals surface area (Å²) in [5.41, 5.74) is 0. The van der Waals surface area contributed by atoms with Crippen LogP contribution in [0.4, 0.5) is 0 Å². The van der Waals surface area contributed by atoms with Gasteiger partial charge >= 0.3 is 0 Å². The quantitative estimate of drug-likeness (QED) is 0.557. The highest BCUT2D eigenvalue weighted by molar-refractivity contribution is 7.80. The maximum atomic E-state index is 4.13. The largest absolute Gasteiger partial charge is 0.179 e. The van der Waals surface area contributed by atoms with Crippen LogP contribution in [0.25, 0.3) is 0 Å². The third-order valence-corrected chi connectivity index (χ3v) is 1.74. The van der Waals surface area contributed by atoms with Gasteiger partial charge in [0.15, 0.2) is 0 Å². The van der Waals surface area contributed by atoms with Gasteiger partial charge in [-0.2, -0.15) is 12.6 Å². The average molecular weight is 131 g/mol. The first-order valence-electron chi connectivity index (χ1n) is 3.25. The lowest BCUT2D eigenvalue weighted by Gasteiger charge is -2.03. The Bertz CT molecular complexity index is 43.7. The minimum Gasteiger partial charge on any atom is -0.179 e. The van der Waals surface area contributed by atoms with E-state index in [2.05, 4.69) is 26.5 Å². The molecule has 0 aromatic heterocycles. The van der Waals surface area contributed by atoms with Crippen molar-refractivity contribution in [2.24, 2.45) is 5.92 Å². The molecule has 0 aliphatic carbocycles. The van der Waals surface area contributed by atoms with Gasteiger partial charge in [-0.3, -0.25) is 0 Å². The average Bonchev–Trinajstić information content (AvgIpc) is 1.83. The van der Waals surface area contributed by atoms with Crippen LogP contribution in [0.15, 0.2) is 0 Å². The second-order valence-corrected chi connectivity index (χ2v) is 2.56. The van der Waals surface area contributed by atoms with Crippen molar-refractivity contribution >= 4 is 12.6 Å². The van der Waals surface area contributed by atoms with Crippen LogP contribution in [-0.4, -0.2) is 5.75 Å². The Morgan fingerprint density at radius 1 is 1.62 bits per heavy atom. The van der Waals surface area contributed by atoms with Gasteiger partial charge in [-0.25, -0.2) is 0 Å². The molecule has 0 heterocycles. The SMILES string of the molecule is [CH2]C(CS)CCCC. The van der Waals surface area contributed by atoms with Crippen molar-refractivity contribution in [3.63, 3.8) is 0 Å². The Hall–Kier alpha value is 0.350. The second-order valence-electron chi connectivity index (χ2n) is 2.19. The molecule has 0 aliphatic heterocycles. The van der Waals surface area contributed by atoms with Crippen LogP contribution in [-0.2, 0) is 0 Å². The molecule has 0 fully saturated rings. The summed E-state index contributed by atoms with van der Waals surface area (Å²) in [6.45, 7) is 6.12. The van der Waals surface area contributed by atoms with Crippen LogP contribution >= 0.6 is 12.6 Å². The van der Waals surface area contributed by atoms with E-state index >= 15 is 0 Å². The molecular weight excluding hydrogens is 116 g/mol. The van der Waals surface area contributed by atoms with Crippen LogP contribution in [0, 0.1) is 12.8 Å². The summed E-state index contributed by atoms with van der Waals surface area (Å²) in [5, 5.41) is 0. The molecule has 0 saturated carbocycles. The topological polar surface area (TPSA) is 0 Å². The predicted octanol–water partition coefficient (Wildman–Crippen LogP) is 2.56. The Kier molecular flexibility index (Phi) is 5.73. The number of hydrogen-bond acceptors (Lipinski definition) is 1. The molecule has 0 nitrogen and oxygen atoms in total. The van der Waals surface area contributed by atoms with E-state index in [0.717, 1.165) is 5.75 Å². The highest BCUT2D eigenvalue weighted by Crippen LogP contribution is 2.07. The lowest BCUT2D eigenvalue weighted by molar-refractivity contribution is 0.603. The van der Waals surface area contributed by atoms with Gasteiger partial charge in [0.2, 0.25) is 0 Å². The van der Waals surface area contributed by atoms with E-state index in [1.165, 1.54) is 19.3 Å². The van der Waals surface area contributed by atoms with Crippen LogP contribution in [0.5, 0.6) is 0 Å². The molecule has 49 valence electrons. The van der Waals surface area contributed by atoms with Gasteiger partial charge in [0.25, 0.3) is 0 Å². The van der Waals surface area contributed by atoms with Gasteiger partial charge in [0, 0.05) is 0 Å². The smallest absolute Gasteiger partial charge is 0.00695 e. The van der Waals surface area contributed by atoms with Crippen LogP contribution in [0.3, 0.4) is 0 Å². The minimum absolute atomic E-state index is 0.568. The molecule has 0 aromatic rings. The molecule has 1 unspecified atom stereocenters.